The number of rotatable bonds is 9. The molecular weight excluding hydrogens is 509 g/mol. The molecule has 0 spiro atoms. The van der Waals surface area contributed by atoms with Gasteiger partial charge in [-0.1, -0.05) is 0 Å². The Morgan fingerprint density at radius 3 is 2.88 bits per heavy atom. The number of aliphatic hydroxyl groups excluding tert-OH is 1. The van der Waals surface area contributed by atoms with Crippen molar-refractivity contribution < 1.29 is 9.90 Å². The number of aliphatic hydroxyl groups is 1. The van der Waals surface area contributed by atoms with Crippen LogP contribution >= 0.6 is 0 Å². The third kappa shape index (κ3) is 8.17. The number of carbonyl (C=O) groups is 1. The molecule has 0 aromatic heterocycles. The number of nitrogens with one attached hydrogen (secondary N) is 1. The summed E-state index contributed by atoms with van der Waals surface area (Å²) in [6, 6.07) is 0. The van der Waals surface area contributed by atoms with E-state index in [9.17, 15) is 4.79 Å². The number of aliphatic imine (C=N–C) groups is 1. The van der Waals surface area contributed by atoms with Crippen molar-refractivity contribution in [3.8, 4) is 0 Å². The van der Waals surface area contributed by atoms with Crippen molar-refractivity contribution in [3.63, 3.8) is 0 Å². The van der Waals surface area contributed by atoms with E-state index in [2.05, 4.69) is 23.3 Å². The molecule has 0 aromatic carbocycles. The molecule has 0 aromatic rings. The van der Waals surface area contributed by atoms with Gasteiger partial charge in [-0.25, -0.2) is 0 Å². The number of amides is 1. The number of amidine groups is 1. The van der Waals surface area contributed by atoms with E-state index in [0.29, 0.717) is 38.4 Å². The molecule has 0 unspecified atom stereocenters. The monoisotopic (exact) mass is 538 g/mol. The van der Waals surface area contributed by atoms with Crippen LogP contribution in [0.5, 0.6) is 0 Å². The van der Waals surface area contributed by atoms with Gasteiger partial charge in [-0.15, -0.1) is 0 Å². The molecule has 1 amide bonds. The summed E-state index contributed by atoms with van der Waals surface area (Å²) in [5.74, 6) is 0.524. The third-order valence-electron chi connectivity index (χ3n) is 3.98. The summed E-state index contributed by atoms with van der Waals surface area (Å²) in [4.78, 5) is 17.9. The standard InChI is InChI=1S/C18H29N4O2.Tl/c1-14(2)7-4-5-9-21-18(19)16-13-22(15(3)24)11-8-17(16)20-10-6-12-23;/h4-5,7,20,23H,1,6,8-13H2,2-3H3,(H2,19,21);/b5-4-,14-7+;. The molecule has 0 atom stereocenters. The van der Waals surface area contributed by atoms with Crippen LogP contribution in [0.4, 0.5) is 0 Å². The van der Waals surface area contributed by atoms with Gasteiger partial charge in [-0.05, 0) is 6.42 Å². The Labute approximate surface area is 166 Å². The van der Waals surface area contributed by atoms with Gasteiger partial charge in [-0.2, -0.15) is 0 Å². The summed E-state index contributed by atoms with van der Waals surface area (Å²) in [7, 11) is 0. The first-order valence-electron chi connectivity index (χ1n) is 8.64. The zero-order valence-electron chi connectivity index (χ0n) is 15.3. The molecule has 0 aliphatic carbocycles. The molecule has 6 nitrogen and oxygen atoms in total. The van der Waals surface area contributed by atoms with Crippen molar-refractivity contribution in [3.05, 3.63) is 35.1 Å². The Kier molecular flexibility index (Phi) is 10.7. The van der Waals surface area contributed by atoms with Gasteiger partial charge in [0.1, 0.15) is 0 Å². The summed E-state index contributed by atoms with van der Waals surface area (Å²) in [5.41, 5.74) is 9.51. The van der Waals surface area contributed by atoms with Crippen LogP contribution in [0.15, 0.2) is 40.1 Å². The minimum atomic E-state index is 0.0454. The second-order valence-electron chi connectivity index (χ2n) is 6.02. The summed E-state index contributed by atoms with van der Waals surface area (Å²) in [6.45, 7) is 6.23. The average molecular weight is 538 g/mol. The number of carbonyl (C=O) groups excluding carboxylic acids is 1. The fraction of sp³-hybridized carbons (Fsp3) is 0.556. The fourth-order valence-corrected chi connectivity index (χ4v) is 2.92. The molecule has 0 bridgehead atoms. The molecule has 0 saturated carbocycles. The number of nitrogens with two attached hydrogens (primary N) is 1. The molecule has 1 rings (SSSR count). The van der Waals surface area contributed by atoms with Gasteiger partial charge in [0.25, 0.3) is 0 Å². The predicted molar refractivity (Wildman–Crippen MR) is 104 cm³/mol. The Balaban J connectivity index is 2.82. The first-order chi connectivity index (χ1) is 12.0. The van der Waals surface area contributed by atoms with Crippen molar-refractivity contribution >= 4 is 37.5 Å². The molecule has 136 valence electrons. The maximum atomic E-state index is 11.7. The Morgan fingerprint density at radius 1 is 1.48 bits per heavy atom. The third-order valence-corrected chi connectivity index (χ3v) is 6.48. The normalized spacial score (nSPS) is 16.6. The number of allylic oxidation sites excluding steroid dienone is 3. The van der Waals surface area contributed by atoms with Gasteiger partial charge >= 0.3 is 137 Å². The molecule has 7 heteroatoms. The van der Waals surface area contributed by atoms with Crippen LogP contribution in [0.2, 0.25) is 3.98 Å². The van der Waals surface area contributed by atoms with Crippen LogP contribution in [0.3, 0.4) is 0 Å². The second-order valence-corrected chi connectivity index (χ2v) is 7.61. The van der Waals surface area contributed by atoms with Crippen LogP contribution in [-0.2, 0) is 4.79 Å². The summed E-state index contributed by atoms with van der Waals surface area (Å²) >= 11 is 0.988. The molecular formula is C18H29N4O2Tl. The van der Waals surface area contributed by atoms with Gasteiger partial charge in [0, 0.05) is 13.5 Å². The molecule has 1 aliphatic rings. The van der Waals surface area contributed by atoms with E-state index in [4.69, 9.17) is 10.8 Å². The zero-order valence-corrected chi connectivity index (χ0v) is 19.8. The van der Waals surface area contributed by atoms with Crippen molar-refractivity contribution in [2.75, 3.05) is 32.8 Å². The van der Waals surface area contributed by atoms with Crippen LogP contribution in [0.1, 0.15) is 26.7 Å². The first-order valence-corrected chi connectivity index (χ1v) is 11.8. The molecule has 0 radical (unpaired) electrons. The van der Waals surface area contributed by atoms with Gasteiger partial charge in [0.2, 0.25) is 0 Å². The maximum absolute atomic E-state index is 11.7. The number of nitrogens with zero attached hydrogens (tertiary/aromatic N) is 2. The van der Waals surface area contributed by atoms with Crippen molar-refractivity contribution in [1.82, 2.24) is 10.2 Å². The van der Waals surface area contributed by atoms with E-state index in [1.165, 1.54) is 9.55 Å². The van der Waals surface area contributed by atoms with E-state index in [1.54, 1.807) is 11.8 Å². The van der Waals surface area contributed by atoms with E-state index < -0.39 is 0 Å². The molecule has 4 N–H and O–H groups in total. The SMILES string of the molecule is CC(=O)N1CCC(NCCCO)=C(C(N)=NC/C=C\C=C(\C)[CH2][Tl])C1. The topological polar surface area (TPSA) is 91.0 Å². The van der Waals surface area contributed by atoms with Gasteiger partial charge in [0.05, 0.1) is 0 Å². The molecule has 1 aliphatic heterocycles. The van der Waals surface area contributed by atoms with Gasteiger partial charge in [-0.3, -0.25) is 4.79 Å². The Morgan fingerprint density at radius 2 is 2.24 bits per heavy atom. The van der Waals surface area contributed by atoms with Crippen LogP contribution in [0, 0.1) is 0 Å². The van der Waals surface area contributed by atoms with E-state index in [1.807, 2.05) is 12.2 Å². The number of hydrogen-bond acceptors (Lipinski definition) is 4. The number of hydrogen-bond donors (Lipinski definition) is 3. The summed E-state index contributed by atoms with van der Waals surface area (Å²) in [5, 5.41) is 12.3. The zero-order chi connectivity index (χ0) is 18.7. The van der Waals surface area contributed by atoms with E-state index in [-0.39, 0.29) is 12.5 Å². The second kappa shape index (κ2) is 12.2. The van der Waals surface area contributed by atoms with Gasteiger partial charge < -0.3 is 5.11 Å². The van der Waals surface area contributed by atoms with Crippen molar-refractivity contribution in [1.29, 1.82) is 0 Å². The van der Waals surface area contributed by atoms with Crippen LogP contribution < -0.4 is 11.1 Å². The molecule has 0 fully saturated rings. The van der Waals surface area contributed by atoms with Crippen LogP contribution in [-0.4, -0.2) is 80.3 Å². The first kappa shape index (κ1) is 21.9. The minimum absolute atomic E-state index is 0.0454. The van der Waals surface area contributed by atoms with Crippen LogP contribution in [0.25, 0.3) is 0 Å². The van der Waals surface area contributed by atoms with Gasteiger partial charge in [0.15, 0.2) is 0 Å². The van der Waals surface area contributed by atoms with Crippen molar-refractivity contribution in [2.45, 2.75) is 30.7 Å². The Hall–Kier alpha value is -1.16. The molecule has 0 saturated heterocycles. The van der Waals surface area contributed by atoms with E-state index in [0.717, 1.165) is 43.5 Å². The average Bonchev–Trinajstić information content (AvgIpc) is 2.61. The van der Waals surface area contributed by atoms with Crippen molar-refractivity contribution in [2.24, 2.45) is 10.7 Å². The summed E-state index contributed by atoms with van der Waals surface area (Å²) < 4.78 is 1.20. The fourth-order valence-electron chi connectivity index (χ4n) is 2.39. The molecule has 25 heavy (non-hydrogen) atoms. The summed E-state index contributed by atoms with van der Waals surface area (Å²) in [6.07, 6.45) is 7.54. The molecule has 1 heterocycles. The Bertz CT molecular complexity index is 567. The van der Waals surface area contributed by atoms with E-state index >= 15 is 0 Å². The quantitative estimate of drug-likeness (QED) is 0.134. The predicted octanol–water partition coefficient (Wildman–Crippen LogP) is 0.911.